The average molecular weight is 342 g/mol. The number of fused-ring (bicyclic) bond motifs is 1. The van der Waals surface area contributed by atoms with E-state index in [1.54, 1.807) is 11.8 Å². The molecule has 0 radical (unpaired) electrons. The Labute approximate surface area is 147 Å². The van der Waals surface area contributed by atoms with Crippen molar-refractivity contribution in [1.29, 1.82) is 0 Å². The monoisotopic (exact) mass is 342 g/mol. The molecule has 0 bridgehead atoms. The van der Waals surface area contributed by atoms with Gasteiger partial charge in [0.05, 0.1) is 22.2 Å². The van der Waals surface area contributed by atoms with Gasteiger partial charge < -0.3 is 10.1 Å². The van der Waals surface area contributed by atoms with Gasteiger partial charge in [-0.05, 0) is 51.5 Å². The third kappa shape index (κ3) is 2.92. The van der Waals surface area contributed by atoms with Gasteiger partial charge in [0.25, 0.3) is 5.91 Å². The Morgan fingerprint density at radius 1 is 1.44 bits per heavy atom. The summed E-state index contributed by atoms with van der Waals surface area (Å²) in [7, 11) is 3.66. The second-order valence-corrected chi connectivity index (χ2v) is 7.52. The Bertz CT molecular complexity index is 813. The predicted molar refractivity (Wildman–Crippen MR) is 95.8 cm³/mol. The molecule has 0 unspecified atom stereocenters. The van der Waals surface area contributed by atoms with Crippen molar-refractivity contribution in [3.05, 3.63) is 23.0 Å². The van der Waals surface area contributed by atoms with Crippen molar-refractivity contribution in [2.75, 3.05) is 13.7 Å². The highest BCUT2D eigenvalue weighted by Gasteiger charge is 2.36. The smallest absolute Gasteiger partial charge is 0.252 e. The molecule has 4 rings (SSSR count). The molecular weight excluding hydrogens is 316 g/mol. The number of ether oxygens (including phenoxy) is 1. The van der Waals surface area contributed by atoms with Crippen LogP contribution in [0.1, 0.15) is 66.2 Å². The SMILES string of the molecule is COC1(CCNC(=O)c2cc(C3CC3)nc3c2c(C)nn3C)CCC1. The van der Waals surface area contributed by atoms with Crippen LogP contribution in [0.4, 0.5) is 0 Å². The van der Waals surface area contributed by atoms with Crippen LogP contribution in [0.15, 0.2) is 6.07 Å². The minimum atomic E-state index is -0.0315. The number of aromatic nitrogens is 3. The molecule has 0 aromatic carbocycles. The molecule has 0 aliphatic heterocycles. The summed E-state index contributed by atoms with van der Waals surface area (Å²) in [6.45, 7) is 2.57. The number of hydrogen-bond donors (Lipinski definition) is 1. The van der Waals surface area contributed by atoms with E-state index in [0.29, 0.717) is 18.0 Å². The first-order chi connectivity index (χ1) is 12.0. The Morgan fingerprint density at radius 2 is 2.20 bits per heavy atom. The lowest BCUT2D eigenvalue weighted by molar-refractivity contribution is -0.0764. The molecule has 25 heavy (non-hydrogen) atoms. The highest BCUT2D eigenvalue weighted by molar-refractivity contribution is 6.06. The van der Waals surface area contributed by atoms with Gasteiger partial charge in [-0.1, -0.05) is 0 Å². The number of carbonyl (C=O) groups excluding carboxylic acids is 1. The van der Waals surface area contributed by atoms with Crippen molar-refractivity contribution in [3.63, 3.8) is 0 Å². The molecule has 134 valence electrons. The minimum Gasteiger partial charge on any atom is -0.378 e. The van der Waals surface area contributed by atoms with Gasteiger partial charge in [-0.25, -0.2) is 4.98 Å². The first kappa shape index (κ1) is 16.5. The molecule has 6 heteroatoms. The molecule has 1 N–H and O–H groups in total. The molecule has 0 saturated heterocycles. The summed E-state index contributed by atoms with van der Waals surface area (Å²) < 4.78 is 7.42. The van der Waals surface area contributed by atoms with Crippen LogP contribution in [-0.4, -0.2) is 39.9 Å². The van der Waals surface area contributed by atoms with Gasteiger partial charge in [-0.3, -0.25) is 9.48 Å². The normalized spacial score (nSPS) is 19.0. The van der Waals surface area contributed by atoms with Crippen molar-refractivity contribution in [3.8, 4) is 0 Å². The lowest BCUT2D eigenvalue weighted by atomic mass is 9.77. The Morgan fingerprint density at radius 3 is 2.80 bits per heavy atom. The minimum absolute atomic E-state index is 0.0236. The zero-order chi connectivity index (χ0) is 17.6. The van der Waals surface area contributed by atoms with Gasteiger partial charge in [-0.2, -0.15) is 5.10 Å². The number of pyridine rings is 1. The standard InChI is InChI=1S/C19H26N4O2/c1-12-16-14(18(24)20-10-9-19(25-3)7-4-8-19)11-15(13-5-6-13)21-17(16)23(2)22-12/h11,13H,4-10H2,1-3H3,(H,20,24). The lowest BCUT2D eigenvalue weighted by Gasteiger charge is -2.40. The molecular formula is C19H26N4O2. The summed E-state index contributed by atoms with van der Waals surface area (Å²) in [6.07, 6.45) is 6.58. The average Bonchev–Trinajstić information content (AvgIpc) is 3.36. The summed E-state index contributed by atoms with van der Waals surface area (Å²) in [5, 5.41) is 8.42. The molecule has 6 nitrogen and oxygen atoms in total. The second-order valence-electron chi connectivity index (χ2n) is 7.52. The number of nitrogens with one attached hydrogen (secondary N) is 1. The summed E-state index contributed by atoms with van der Waals surface area (Å²) in [5.41, 5.74) is 3.36. The fourth-order valence-corrected chi connectivity index (χ4v) is 3.86. The van der Waals surface area contributed by atoms with Gasteiger partial charge >= 0.3 is 0 Å². The number of carbonyl (C=O) groups is 1. The van der Waals surface area contributed by atoms with E-state index < -0.39 is 0 Å². The molecule has 2 fully saturated rings. The third-order valence-corrected chi connectivity index (χ3v) is 5.79. The highest BCUT2D eigenvalue weighted by Crippen LogP contribution is 2.40. The molecule has 2 aromatic rings. The Hall–Kier alpha value is -1.95. The molecule has 2 aliphatic rings. The molecule has 2 aromatic heterocycles. The number of nitrogens with zero attached hydrogens (tertiary/aromatic N) is 3. The van der Waals surface area contributed by atoms with E-state index in [1.165, 1.54) is 6.42 Å². The van der Waals surface area contributed by atoms with Crippen molar-refractivity contribution >= 4 is 16.9 Å². The van der Waals surface area contributed by atoms with E-state index in [2.05, 4.69) is 10.4 Å². The number of methoxy groups -OCH3 is 1. The van der Waals surface area contributed by atoms with Gasteiger partial charge in [-0.15, -0.1) is 0 Å². The van der Waals surface area contributed by atoms with Crippen LogP contribution < -0.4 is 5.32 Å². The summed E-state index contributed by atoms with van der Waals surface area (Å²) in [6, 6.07) is 1.97. The zero-order valence-corrected chi connectivity index (χ0v) is 15.3. The first-order valence-electron chi connectivity index (χ1n) is 9.20. The van der Waals surface area contributed by atoms with Gasteiger partial charge in [0.2, 0.25) is 0 Å². The first-order valence-corrected chi connectivity index (χ1v) is 9.20. The molecule has 0 atom stereocenters. The van der Waals surface area contributed by atoms with E-state index in [4.69, 9.17) is 9.72 Å². The van der Waals surface area contributed by atoms with E-state index in [-0.39, 0.29) is 11.5 Å². The maximum atomic E-state index is 12.9. The van der Waals surface area contributed by atoms with Crippen molar-refractivity contribution in [1.82, 2.24) is 20.1 Å². The van der Waals surface area contributed by atoms with Crippen molar-refractivity contribution < 1.29 is 9.53 Å². The molecule has 2 heterocycles. The van der Waals surface area contributed by atoms with E-state index in [1.807, 2.05) is 20.0 Å². The Balaban J connectivity index is 1.57. The topological polar surface area (TPSA) is 69.0 Å². The van der Waals surface area contributed by atoms with E-state index >= 15 is 0 Å². The molecule has 0 spiro atoms. The molecule has 1 amide bonds. The van der Waals surface area contributed by atoms with Crippen LogP contribution >= 0.6 is 0 Å². The fraction of sp³-hybridized carbons (Fsp3) is 0.632. The van der Waals surface area contributed by atoms with Crippen LogP contribution in [0.25, 0.3) is 11.0 Å². The second kappa shape index (κ2) is 6.09. The van der Waals surface area contributed by atoms with Gasteiger partial charge in [0, 0.05) is 32.3 Å². The van der Waals surface area contributed by atoms with Gasteiger partial charge in [0.15, 0.2) is 5.65 Å². The Kier molecular flexibility index (Phi) is 4.02. The number of hydrogen-bond acceptors (Lipinski definition) is 4. The van der Waals surface area contributed by atoms with Crippen LogP contribution in [0, 0.1) is 6.92 Å². The van der Waals surface area contributed by atoms with Gasteiger partial charge in [0.1, 0.15) is 0 Å². The van der Waals surface area contributed by atoms with Crippen LogP contribution in [-0.2, 0) is 11.8 Å². The highest BCUT2D eigenvalue weighted by atomic mass is 16.5. The summed E-state index contributed by atoms with van der Waals surface area (Å²) in [5.74, 6) is 0.467. The number of rotatable bonds is 6. The molecule has 2 aliphatic carbocycles. The maximum Gasteiger partial charge on any atom is 0.252 e. The van der Waals surface area contributed by atoms with Crippen molar-refractivity contribution in [2.24, 2.45) is 7.05 Å². The van der Waals surface area contributed by atoms with Crippen molar-refractivity contribution in [2.45, 2.75) is 57.0 Å². The van der Waals surface area contributed by atoms with Crippen LogP contribution in [0.3, 0.4) is 0 Å². The lowest BCUT2D eigenvalue weighted by Crippen LogP contribution is -2.42. The van der Waals surface area contributed by atoms with Crippen LogP contribution in [0.2, 0.25) is 0 Å². The number of aryl methyl sites for hydroxylation is 2. The number of amides is 1. The third-order valence-electron chi connectivity index (χ3n) is 5.79. The quantitative estimate of drug-likeness (QED) is 0.876. The van der Waals surface area contributed by atoms with E-state index in [0.717, 1.165) is 54.5 Å². The van der Waals surface area contributed by atoms with E-state index in [9.17, 15) is 4.79 Å². The van der Waals surface area contributed by atoms with Crippen LogP contribution in [0.5, 0.6) is 0 Å². The zero-order valence-electron chi connectivity index (χ0n) is 15.3. The summed E-state index contributed by atoms with van der Waals surface area (Å²) in [4.78, 5) is 17.6. The maximum absolute atomic E-state index is 12.9. The molecule has 2 saturated carbocycles. The predicted octanol–water partition coefficient (Wildman–Crippen LogP) is 2.84. The largest absolute Gasteiger partial charge is 0.378 e. The summed E-state index contributed by atoms with van der Waals surface area (Å²) >= 11 is 0. The fourth-order valence-electron chi connectivity index (χ4n) is 3.86.